The molecule has 2 aromatic heterocycles. The minimum Gasteiger partial charge on any atom is -0.484 e. The Balaban J connectivity index is 1.40. The van der Waals surface area contributed by atoms with Gasteiger partial charge in [-0.15, -0.1) is 11.8 Å². The normalized spacial score (nSPS) is 11.8. The number of aromatic amines is 1. The van der Waals surface area contributed by atoms with Gasteiger partial charge in [-0.3, -0.25) is 4.98 Å². The van der Waals surface area contributed by atoms with Crippen molar-refractivity contribution < 1.29 is 17.9 Å². The molecule has 2 aromatic carbocycles. The van der Waals surface area contributed by atoms with E-state index in [1.54, 1.807) is 17.8 Å². The second-order valence-electron chi connectivity index (χ2n) is 7.07. The molecule has 0 spiro atoms. The van der Waals surface area contributed by atoms with Crippen LogP contribution >= 0.6 is 23.5 Å². The number of nitrogens with one attached hydrogen (secondary N) is 1. The van der Waals surface area contributed by atoms with Gasteiger partial charge < -0.3 is 9.72 Å². The molecule has 0 radical (unpaired) electrons. The van der Waals surface area contributed by atoms with Crippen molar-refractivity contribution in [1.82, 2.24) is 15.0 Å². The molecule has 0 bridgehead atoms. The number of benzene rings is 2. The number of H-pyrrole nitrogens is 1. The van der Waals surface area contributed by atoms with Gasteiger partial charge in [0.15, 0.2) is 11.8 Å². The molecule has 4 aromatic rings. The highest BCUT2D eigenvalue weighted by Gasteiger charge is 2.28. The van der Waals surface area contributed by atoms with E-state index in [1.807, 2.05) is 30.5 Å². The Labute approximate surface area is 192 Å². The first-order valence-electron chi connectivity index (χ1n) is 9.81. The molecule has 32 heavy (non-hydrogen) atoms. The number of thioether (sulfide) groups is 2. The van der Waals surface area contributed by atoms with E-state index in [0.717, 1.165) is 22.5 Å². The fraction of sp³-hybridized carbons (Fsp3) is 0.217. The zero-order valence-electron chi connectivity index (χ0n) is 17.1. The lowest BCUT2D eigenvalue weighted by molar-refractivity contribution is -0.153. The van der Waals surface area contributed by atoms with Crippen molar-refractivity contribution in [2.45, 2.75) is 34.7 Å². The number of halogens is 3. The number of pyridine rings is 1. The monoisotopic (exact) mass is 475 g/mol. The number of rotatable bonds is 8. The summed E-state index contributed by atoms with van der Waals surface area (Å²) in [7, 11) is 0. The first-order chi connectivity index (χ1) is 15.4. The number of fused-ring (bicyclic) bond motifs is 1. The van der Waals surface area contributed by atoms with Crippen LogP contribution in [0.3, 0.4) is 0 Å². The van der Waals surface area contributed by atoms with Gasteiger partial charge in [0, 0.05) is 28.7 Å². The van der Waals surface area contributed by atoms with Gasteiger partial charge in [-0.05, 0) is 36.2 Å². The standard InChI is InChI=1S/C23H20F3N3OS2/c1-15-20(27-10-9-21(15)31-12-16-5-3-2-4-6-16)13-32-22-28-18-8-7-17(11-19(18)29-22)30-14-23(24,25)26/h2-11H,12-14H2,1H3,(H,28,29). The van der Waals surface area contributed by atoms with Crippen LogP contribution in [0.15, 0.2) is 70.8 Å². The summed E-state index contributed by atoms with van der Waals surface area (Å²) in [6.07, 6.45) is -2.56. The zero-order valence-corrected chi connectivity index (χ0v) is 18.8. The van der Waals surface area contributed by atoms with Crippen molar-refractivity contribution >= 4 is 34.6 Å². The lowest BCUT2D eigenvalue weighted by atomic mass is 10.2. The van der Waals surface area contributed by atoms with E-state index in [9.17, 15) is 13.2 Å². The Bertz CT molecular complexity index is 1200. The molecule has 0 atom stereocenters. The highest BCUT2D eigenvalue weighted by atomic mass is 32.2. The fourth-order valence-corrected chi connectivity index (χ4v) is 4.93. The average molecular weight is 476 g/mol. The molecule has 2 heterocycles. The minimum atomic E-state index is -4.37. The van der Waals surface area contributed by atoms with Gasteiger partial charge in [0.25, 0.3) is 0 Å². The summed E-state index contributed by atoms with van der Waals surface area (Å²) in [6, 6.07) is 17.0. The van der Waals surface area contributed by atoms with Crippen LogP contribution in [-0.4, -0.2) is 27.7 Å². The van der Waals surface area contributed by atoms with Crippen LogP contribution in [0.25, 0.3) is 11.0 Å². The number of alkyl halides is 3. The molecule has 0 fully saturated rings. The Morgan fingerprint density at radius 2 is 1.81 bits per heavy atom. The van der Waals surface area contributed by atoms with Crippen LogP contribution < -0.4 is 4.74 Å². The van der Waals surface area contributed by atoms with Crippen LogP contribution in [-0.2, 0) is 11.5 Å². The van der Waals surface area contributed by atoms with Crippen molar-refractivity contribution in [3.05, 3.63) is 77.6 Å². The molecule has 0 aliphatic carbocycles. The Kier molecular flexibility index (Phi) is 6.95. The van der Waals surface area contributed by atoms with Crippen molar-refractivity contribution in [2.75, 3.05) is 6.61 Å². The molecule has 0 saturated heterocycles. The number of hydrogen-bond acceptors (Lipinski definition) is 5. The zero-order chi connectivity index (χ0) is 22.6. The number of aromatic nitrogens is 3. The molecule has 0 aliphatic heterocycles. The Morgan fingerprint density at radius 3 is 2.59 bits per heavy atom. The maximum absolute atomic E-state index is 12.4. The van der Waals surface area contributed by atoms with Crippen molar-refractivity contribution in [3.8, 4) is 5.75 Å². The van der Waals surface area contributed by atoms with E-state index in [-0.39, 0.29) is 5.75 Å². The van der Waals surface area contributed by atoms with Gasteiger partial charge in [-0.25, -0.2) is 4.98 Å². The van der Waals surface area contributed by atoms with Gasteiger partial charge >= 0.3 is 6.18 Å². The SMILES string of the molecule is Cc1c(SCc2ccccc2)ccnc1CSc1nc2cc(OCC(F)(F)F)ccc2[nH]1. The third-order valence-electron chi connectivity index (χ3n) is 4.68. The molecule has 1 N–H and O–H groups in total. The summed E-state index contributed by atoms with van der Waals surface area (Å²) in [6.45, 7) is 0.743. The van der Waals surface area contributed by atoms with Crippen molar-refractivity contribution in [1.29, 1.82) is 0 Å². The van der Waals surface area contributed by atoms with Gasteiger partial charge in [0.1, 0.15) is 5.75 Å². The second-order valence-corrected chi connectivity index (χ2v) is 9.05. The highest BCUT2D eigenvalue weighted by molar-refractivity contribution is 7.98. The average Bonchev–Trinajstić information content (AvgIpc) is 3.18. The molecular formula is C23H20F3N3OS2. The smallest absolute Gasteiger partial charge is 0.422 e. The third kappa shape index (κ3) is 5.98. The Morgan fingerprint density at radius 1 is 1.00 bits per heavy atom. The van der Waals surface area contributed by atoms with Crippen molar-refractivity contribution in [2.24, 2.45) is 0 Å². The first-order valence-corrected chi connectivity index (χ1v) is 11.8. The maximum atomic E-state index is 12.4. The Hall–Kier alpha value is -2.65. The van der Waals surface area contributed by atoms with Crippen LogP contribution in [0.2, 0.25) is 0 Å². The third-order valence-corrected chi connectivity index (χ3v) is 6.79. The molecule has 4 nitrogen and oxygen atoms in total. The van der Waals surface area contributed by atoms with Gasteiger partial charge in [0.2, 0.25) is 0 Å². The second kappa shape index (κ2) is 9.87. The lowest BCUT2D eigenvalue weighted by Crippen LogP contribution is -2.19. The predicted octanol–water partition coefficient (Wildman–Crippen LogP) is 6.79. The summed E-state index contributed by atoms with van der Waals surface area (Å²) < 4.78 is 41.9. The van der Waals surface area contributed by atoms with Gasteiger partial charge in [0.05, 0.1) is 16.7 Å². The van der Waals surface area contributed by atoms with Gasteiger partial charge in [-0.1, -0.05) is 42.1 Å². The molecule has 0 saturated carbocycles. The molecule has 166 valence electrons. The number of hydrogen-bond donors (Lipinski definition) is 1. The highest BCUT2D eigenvalue weighted by Crippen LogP contribution is 2.31. The molecule has 0 amide bonds. The van der Waals surface area contributed by atoms with Crippen LogP contribution in [0.4, 0.5) is 13.2 Å². The summed E-state index contributed by atoms with van der Waals surface area (Å²) in [5.41, 5.74) is 4.68. The largest absolute Gasteiger partial charge is 0.484 e. The first kappa shape index (κ1) is 22.5. The molecule has 0 aliphatic rings. The van der Waals surface area contributed by atoms with Crippen LogP contribution in [0.5, 0.6) is 5.75 Å². The summed E-state index contributed by atoms with van der Waals surface area (Å²) in [4.78, 5) is 13.4. The van der Waals surface area contributed by atoms with E-state index in [4.69, 9.17) is 4.74 Å². The molecule has 4 rings (SSSR count). The summed E-state index contributed by atoms with van der Waals surface area (Å²) >= 11 is 3.28. The molecule has 9 heteroatoms. The summed E-state index contributed by atoms with van der Waals surface area (Å²) in [5.74, 6) is 1.65. The quantitative estimate of drug-likeness (QED) is 0.284. The maximum Gasteiger partial charge on any atom is 0.422 e. The topological polar surface area (TPSA) is 50.8 Å². The van der Waals surface area contributed by atoms with E-state index in [1.165, 1.54) is 34.4 Å². The minimum absolute atomic E-state index is 0.138. The molecule has 0 unspecified atom stereocenters. The molecular weight excluding hydrogens is 455 g/mol. The summed E-state index contributed by atoms with van der Waals surface area (Å²) in [5, 5.41) is 0.677. The lowest BCUT2D eigenvalue weighted by Gasteiger charge is -2.09. The van der Waals surface area contributed by atoms with E-state index >= 15 is 0 Å². The van der Waals surface area contributed by atoms with E-state index < -0.39 is 12.8 Å². The van der Waals surface area contributed by atoms with E-state index in [0.29, 0.717) is 16.4 Å². The van der Waals surface area contributed by atoms with Crippen LogP contribution in [0.1, 0.15) is 16.8 Å². The van der Waals surface area contributed by atoms with E-state index in [2.05, 4.69) is 34.0 Å². The van der Waals surface area contributed by atoms with Crippen LogP contribution in [0, 0.1) is 6.92 Å². The predicted molar refractivity (Wildman–Crippen MR) is 122 cm³/mol. The van der Waals surface area contributed by atoms with Gasteiger partial charge in [-0.2, -0.15) is 13.2 Å². The number of ether oxygens (including phenoxy) is 1. The fourth-order valence-electron chi connectivity index (χ4n) is 3.02. The number of imidazole rings is 1. The number of nitrogens with zero attached hydrogens (tertiary/aromatic N) is 2. The van der Waals surface area contributed by atoms with Crippen molar-refractivity contribution in [3.63, 3.8) is 0 Å².